The van der Waals surface area contributed by atoms with Crippen LogP contribution >= 0.6 is 15.9 Å². The number of benzene rings is 1. The molecular weight excluding hydrogens is 272 g/mol. The second-order valence-corrected chi connectivity index (χ2v) is 5.82. The van der Waals surface area contributed by atoms with Crippen LogP contribution in [0.15, 0.2) is 24.3 Å². The number of hydrogen-bond acceptors (Lipinski definition) is 0. The lowest BCUT2D eigenvalue weighted by molar-refractivity contribution is 0.435. The molecule has 0 saturated carbocycles. The fourth-order valence-corrected chi connectivity index (χ4v) is 3.22. The van der Waals surface area contributed by atoms with Crippen LogP contribution in [-0.2, 0) is 6.42 Å². The molecule has 1 rings (SSSR count). The van der Waals surface area contributed by atoms with E-state index in [0.29, 0.717) is 4.83 Å². The third-order valence-corrected chi connectivity index (χ3v) is 4.72. The molecule has 1 aromatic rings. The molecule has 1 atom stereocenters. The van der Waals surface area contributed by atoms with Crippen molar-refractivity contribution < 1.29 is 0 Å². The number of aryl methyl sites for hydroxylation is 1. The van der Waals surface area contributed by atoms with Crippen LogP contribution in [-0.4, -0.2) is 0 Å². The fraction of sp³-hybridized carbons (Fsp3) is 0.625. The largest absolute Gasteiger partial charge is 0.0836 e. The van der Waals surface area contributed by atoms with E-state index in [1.54, 1.807) is 0 Å². The van der Waals surface area contributed by atoms with Gasteiger partial charge in [-0.25, -0.2) is 0 Å². The normalized spacial score (nSPS) is 13.0. The lowest BCUT2D eigenvalue weighted by atomic mass is 9.90. The molecule has 0 radical (unpaired) electrons. The van der Waals surface area contributed by atoms with Gasteiger partial charge < -0.3 is 0 Å². The van der Waals surface area contributed by atoms with Crippen LogP contribution in [0.4, 0.5) is 0 Å². The van der Waals surface area contributed by atoms with Gasteiger partial charge in [-0.3, -0.25) is 0 Å². The van der Waals surface area contributed by atoms with E-state index >= 15 is 0 Å². The lowest BCUT2D eigenvalue weighted by Gasteiger charge is -2.22. The summed E-state index contributed by atoms with van der Waals surface area (Å²) in [5, 5.41) is 0. The van der Waals surface area contributed by atoms with Crippen molar-refractivity contribution in [3.8, 4) is 0 Å². The van der Waals surface area contributed by atoms with Crippen molar-refractivity contribution in [3.05, 3.63) is 35.4 Å². The van der Waals surface area contributed by atoms with Gasteiger partial charge in [0.2, 0.25) is 0 Å². The number of hydrogen-bond donors (Lipinski definition) is 0. The summed E-state index contributed by atoms with van der Waals surface area (Å²) in [4.78, 5) is 0.522. The molecule has 0 aromatic heterocycles. The van der Waals surface area contributed by atoms with Crippen molar-refractivity contribution in [3.63, 3.8) is 0 Å². The Balaban J connectivity index is 2.73. The summed E-state index contributed by atoms with van der Waals surface area (Å²) in [5.74, 6) is 0.775. The van der Waals surface area contributed by atoms with Gasteiger partial charge in [0, 0.05) is 4.83 Å². The molecule has 0 aliphatic heterocycles. The first-order valence-electron chi connectivity index (χ1n) is 6.95. The van der Waals surface area contributed by atoms with Crippen LogP contribution in [0, 0.1) is 5.92 Å². The van der Waals surface area contributed by atoms with Gasteiger partial charge in [0.15, 0.2) is 0 Å². The average Bonchev–Trinajstić information content (AvgIpc) is 2.38. The first kappa shape index (κ1) is 14.8. The maximum absolute atomic E-state index is 3.90. The smallest absolute Gasteiger partial charge is 0.0423 e. The summed E-state index contributed by atoms with van der Waals surface area (Å²) in [6, 6.07) is 9.10. The minimum atomic E-state index is 0.522. The van der Waals surface area contributed by atoms with Crippen molar-refractivity contribution in [2.24, 2.45) is 5.92 Å². The van der Waals surface area contributed by atoms with E-state index in [4.69, 9.17) is 0 Å². The Morgan fingerprint density at radius 1 is 0.941 bits per heavy atom. The minimum Gasteiger partial charge on any atom is -0.0836 e. The Bertz CT molecular complexity index is 296. The van der Waals surface area contributed by atoms with Gasteiger partial charge in [0.1, 0.15) is 0 Å². The third kappa shape index (κ3) is 4.46. The van der Waals surface area contributed by atoms with Gasteiger partial charge >= 0.3 is 0 Å². The SMILES string of the molecule is CCCC(CCC)C(Br)c1ccc(CC)cc1. The van der Waals surface area contributed by atoms with E-state index in [0.717, 1.165) is 12.3 Å². The van der Waals surface area contributed by atoms with E-state index in [1.165, 1.54) is 36.8 Å². The second-order valence-electron chi connectivity index (χ2n) is 4.83. The van der Waals surface area contributed by atoms with Crippen LogP contribution in [0.5, 0.6) is 0 Å². The first-order chi connectivity index (χ1) is 8.22. The number of alkyl halides is 1. The van der Waals surface area contributed by atoms with Gasteiger partial charge in [-0.15, -0.1) is 0 Å². The highest BCUT2D eigenvalue weighted by molar-refractivity contribution is 9.09. The zero-order valence-corrected chi connectivity index (χ0v) is 13.0. The topological polar surface area (TPSA) is 0 Å². The fourth-order valence-electron chi connectivity index (χ4n) is 2.39. The molecular formula is C16H25Br. The predicted octanol–water partition coefficient (Wildman–Crippen LogP) is 5.90. The third-order valence-electron chi connectivity index (χ3n) is 3.44. The van der Waals surface area contributed by atoms with Gasteiger partial charge in [-0.2, -0.15) is 0 Å². The summed E-state index contributed by atoms with van der Waals surface area (Å²) in [7, 11) is 0. The van der Waals surface area contributed by atoms with E-state index in [1.807, 2.05) is 0 Å². The van der Waals surface area contributed by atoms with Crippen molar-refractivity contribution >= 4 is 15.9 Å². The van der Waals surface area contributed by atoms with E-state index in [-0.39, 0.29) is 0 Å². The highest BCUT2D eigenvalue weighted by Crippen LogP contribution is 2.36. The molecule has 96 valence electrons. The van der Waals surface area contributed by atoms with Crippen molar-refractivity contribution in [1.82, 2.24) is 0 Å². The molecule has 17 heavy (non-hydrogen) atoms. The Hall–Kier alpha value is -0.300. The van der Waals surface area contributed by atoms with E-state index in [9.17, 15) is 0 Å². The molecule has 1 heteroatoms. The summed E-state index contributed by atoms with van der Waals surface area (Å²) >= 11 is 3.90. The molecule has 0 spiro atoms. The molecule has 0 saturated heterocycles. The maximum Gasteiger partial charge on any atom is 0.0423 e. The van der Waals surface area contributed by atoms with E-state index < -0.39 is 0 Å². The maximum atomic E-state index is 3.90. The average molecular weight is 297 g/mol. The van der Waals surface area contributed by atoms with Crippen LogP contribution in [0.3, 0.4) is 0 Å². The standard InChI is InChI=1S/C16H25Br/c1-4-7-14(8-5-2)16(17)15-11-9-13(6-3)10-12-15/h9-12,14,16H,4-8H2,1-3H3. The zero-order valence-electron chi connectivity index (χ0n) is 11.4. The summed E-state index contributed by atoms with van der Waals surface area (Å²) in [6.45, 7) is 6.77. The zero-order chi connectivity index (χ0) is 12.7. The van der Waals surface area contributed by atoms with Crippen molar-refractivity contribution in [2.45, 2.75) is 57.7 Å². The van der Waals surface area contributed by atoms with E-state index in [2.05, 4.69) is 61.0 Å². The van der Waals surface area contributed by atoms with Crippen LogP contribution in [0.2, 0.25) is 0 Å². The Kier molecular flexibility index (Phi) is 6.87. The van der Waals surface area contributed by atoms with Gasteiger partial charge in [-0.1, -0.05) is 73.8 Å². The second kappa shape index (κ2) is 7.92. The van der Waals surface area contributed by atoms with Crippen molar-refractivity contribution in [2.75, 3.05) is 0 Å². The van der Waals surface area contributed by atoms with Crippen LogP contribution in [0.1, 0.15) is 62.4 Å². The molecule has 0 heterocycles. The quantitative estimate of drug-likeness (QED) is 0.549. The molecule has 1 unspecified atom stereocenters. The van der Waals surface area contributed by atoms with Crippen molar-refractivity contribution in [1.29, 1.82) is 0 Å². The Morgan fingerprint density at radius 3 is 1.88 bits per heavy atom. The lowest BCUT2D eigenvalue weighted by Crippen LogP contribution is -2.07. The summed E-state index contributed by atoms with van der Waals surface area (Å²) < 4.78 is 0. The minimum absolute atomic E-state index is 0.522. The highest BCUT2D eigenvalue weighted by Gasteiger charge is 2.18. The molecule has 1 aromatic carbocycles. The molecule has 0 aliphatic rings. The molecule has 0 amide bonds. The highest BCUT2D eigenvalue weighted by atomic mass is 79.9. The first-order valence-corrected chi connectivity index (χ1v) is 7.87. The summed E-state index contributed by atoms with van der Waals surface area (Å²) in [6.07, 6.45) is 6.32. The van der Waals surface area contributed by atoms with Crippen LogP contribution in [0.25, 0.3) is 0 Å². The van der Waals surface area contributed by atoms with Crippen LogP contribution < -0.4 is 0 Å². The van der Waals surface area contributed by atoms with Gasteiger partial charge in [-0.05, 0) is 36.3 Å². The summed E-state index contributed by atoms with van der Waals surface area (Å²) in [5.41, 5.74) is 2.87. The number of rotatable bonds is 7. The predicted molar refractivity (Wildman–Crippen MR) is 80.8 cm³/mol. The molecule has 0 N–H and O–H groups in total. The molecule has 0 fully saturated rings. The molecule has 0 bridgehead atoms. The Morgan fingerprint density at radius 2 is 1.47 bits per heavy atom. The van der Waals surface area contributed by atoms with Gasteiger partial charge in [0.05, 0.1) is 0 Å². The molecule has 0 aliphatic carbocycles. The Labute approximate surface area is 115 Å². The number of halogens is 1. The van der Waals surface area contributed by atoms with Gasteiger partial charge in [0.25, 0.3) is 0 Å². The monoisotopic (exact) mass is 296 g/mol. The molecule has 0 nitrogen and oxygen atoms in total.